The Labute approximate surface area is 168 Å². The molecule has 0 unspecified atom stereocenters. The molecule has 0 saturated carbocycles. The van der Waals surface area contributed by atoms with Crippen molar-refractivity contribution < 1.29 is 12.6 Å². The van der Waals surface area contributed by atoms with E-state index in [0.29, 0.717) is 21.3 Å². The number of hydrogen-bond acceptors (Lipinski definition) is 4. The van der Waals surface area contributed by atoms with Crippen molar-refractivity contribution in [2.24, 2.45) is 4.99 Å². The lowest BCUT2D eigenvalue weighted by atomic mass is 10.2. The first-order valence-electron chi connectivity index (χ1n) is 7.94. The van der Waals surface area contributed by atoms with E-state index in [4.69, 9.17) is 27.4 Å². The summed E-state index contributed by atoms with van der Waals surface area (Å²) in [7, 11) is -3.94. The molecule has 0 spiro atoms. The molecular formula is C20H15Cl2NO3S. The summed E-state index contributed by atoms with van der Waals surface area (Å²) in [5.41, 5.74) is 2.36. The maximum atomic E-state index is 12.4. The van der Waals surface area contributed by atoms with Crippen LogP contribution in [0.3, 0.4) is 0 Å². The van der Waals surface area contributed by atoms with E-state index < -0.39 is 10.1 Å². The zero-order valence-electron chi connectivity index (χ0n) is 14.3. The standard InChI is InChI=1S/C20H15Cl2NO3S/c1-14-5-8-17(12-20(14)22)23-13-15-3-2-4-18(11-15)26-27(24,25)19-9-6-16(21)7-10-19/h2-13H,1H3. The van der Waals surface area contributed by atoms with E-state index in [1.807, 2.05) is 19.1 Å². The average Bonchev–Trinajstić information content (AvgIpc) is 2.63. The van der Waals surface area contributed by atoms with Gasteiger partial charge in [0.25, 0.3) is 0 Å². The van der Waals surface area contributed by atoms with Crippen molar-refractivity contribution in [2.75, 3.05) is 0 Å². The first-order chi connectivity index (χ1) is 12.8. The summed E-state index contributed by atoms with van der Waals surface area (Å²) in [5, 5.41) is 1.08. The Balaban J connectivity index is 1.80. The summed E-state index contributed by atoms with van der Waals surface area (Å²) in [6, 6.07) is 17.9. The zero-order chi connectivity index (χ0) is 19.4. The number of hydrogen-bond donors (Lipinski definition) is 0. The molecule has 3 aromatic carbocycles. The van der Waals surface area contributed by atoms with Gasteiger partial charge in [-0.15, -0.1) is 0 Å². The molecular weight excluding hydrogens is 405 g/mol. The van der Waals surface area contributed by atoms with Crippen LogP contribution >= 0.6 is 23.2 Å². The Kier molecular flexibility index (Phi) is 5.85. The molecule has 0 amide bonds. The van der Waals surface area contributed by atoms with E-state index in [2.05, 4.69) is 4.99 Å². The number of rotatable bonds is 5. The maximum absolute atomic E-state index is 12.4. The third kappa shape index (κ3) is 5.10. The summed E-state index contributed by atoms with van der Waals surface area (Å²) in [6.45, 7) is 1.91. The van der Waals surface area contributed by atoms with Crippen molar-refractivity contribution >= 4 is 45.2 Å². The molecule has 0 aliphatic rings. The molecule has 0 bridgehead atoms. The summed E-state index contributed by atoms with van der Waals surface area (Å²) < 4.78 is 29.9. The van der Waals surface area contributed by atoms with Crippen LogP contribution in [0.4, 0.5) is 5.69 Å². The molecule has 0 radical (unpaired) electrons. The topological polar surface area (TPSA) is 55.7 Å². The Morgan fingerprint density at radius 2 is 1.70 bits per heavy atom. The maximum Gasteiger partial charge on any atom is 0.339 e. The summed E-state index contributed by atoms with van der Waals surface area (Å²) >= 11 is 11.9. The van der Waals surface area contributed by atoms with Gasteiger partial charge in [0.2, 0.25) is 0 Å². The van der Waals surface area contributed by atoms with Crippen molar-refractivity contribution in [3.63, 3.8) is 0 Å². The quantitative estimate of drug-likeness (QED) is 0.386. The number of aryl methyl sites for hydroxylation is 1. The zero-order valence-corrected chi connectivity index (χ0v) is 16.6. The van der Waals surface area contributed by atoms with E-state index in [1.54, 1.807) is 36.5 Å². The van der Waals surface area contributed by atoms with Gasteiger partial charge < -0.3 is 4.18 Å². The normalized spacial score (nSPS) is 11.7. The summed E-state index contributed by atoms with van der Waals surface area (Å²) in [6.07, 6.45) is 1.61. The van der Waals surface area contributed by atoms with Gasteiger partial charge in [0.1, 0.15) is 10.6 Å². The van der Waals surface area contributed by atoms with Gasteiger partial charge in [0.15, 0.2) is 0 Å². The van der Waals surface area contributed by atoms with E-state index >= 15 is 0 Å². The first-order valence-corrected chi connectivity index (χ1v) is 10.1. The van der Waals surface area contributed by atoms with Crippen LogP contribution in [-0.2, 0) is 10.1 Å². The highest BCUT2D eigenvalue weighted by Gasteiger charge is 2.16. The minimum atomic E-state index is -3.94. The average molecular weight is 420 g/mol. The Morgan fingerprint density at radius 3 is 2.41 bits per heavy atom. The third-order valence-electron chi connectivity index (χ3n) is 3.68. The molecule has 27 heavy (non-hydrogen) atoms. The molecule has 7 heteroatoms. The van der Waals surface area contributed by atoms with Crippen LogP contribution in [0, 0.1) is 6.92 Å². The van der Waals surface area contributed by atoms with E-state index in [0.717, 1.165) is 5.56 Å². The summed E-state index contributed by atoms with van der Waals surface area (Å²) in [5.74, 6) is 0.191. The van der Waals surface area contributed by atoms with Gasteiger partial charge in [0, 0.05) is 16.3 Å². The number of benzene rings is 3. The van der Waals surface area contributed by atoms with Crippen LogP contribution < -0.4 is 4.18 Å². The van der Waals surface area contributed by atoms with E-state index in [1.165, 1.54) is 24.3 Å². The minimum absolute atomic E-state index is 0.0280. The minimum Gasteiger partial charge on any atom is -0.379 e. The van der Waals surface area contributed by atoms with Gasteiger partial charge in [-0.05, 0) is 66.6 Å². The third-order valence-corrected chi connectivity index (χ3v) is 5.61. The fourth-order valence-electron chi connectivity index (χ4n) is 2.23. The van der Waals surface area contributed by atoms with Crippen LogP contribution in [0.5, 0.6) is 5.75 Å². The second kappa shape index (κ2) is 8.13. The Bertz CT molecular complexity index is 1090. The number of nitrogens with zero attached hydrogens (tertiary/aromatic N) is 1. The molecule has 0 atom stereocenters. The fraction of sp³-hybridized carbons (Fsp3) is 0.0500. The van der Waals surface area contributed by atoms with Crippen LogP contribution in [0.15, 0.2) is 76.6 Å². The molecule has 3 rings (SSSR count). The van der Waals surface area contributed by atoms with Crippen LogP contribution in [-0.4, -0.2) is 14.6 Å². The first kappa shape index (κ1) is 19.4. The second-order valence-electron chi connectivity index (χ2n) is 5.76. The van der Waals surface area contributed by atoms with Crippen molar-refractivity contribution in [3.8, 4) is 5.75 Å². The predicted octanol–water partition coefficient (Wildman–Crippen LogP) is 5.82. The van der Waals surface area contributed by atoms with Gasteiger partial charge in [-0.3, -0.25) is 4.99 Å². The molecule has 0 N–H and O–H groups in total. The smallest absolute Gasteiger partial charge is 0.339 e. The number of halogens is 2. The Morgan fingerprint density at radius 1 is 0.963 bits per heavy atom. The van der Waals surface area contributed by atoms with Crippen molar-refractivity contribution in [2.45, 2.75) is 11.8 Å². The monoisotopic (exact) mass is 419 g/mol. The molecule has 0 heterocycles. The SMILES string of the molecule is Cc1ccc(N=Cc2cccc(OS(=O)(=O)c3ccc(Cl)cc3)c2)cc1Cl. The molecule has 0 aromatic heterocycles. The van der Waals surface area contributed by atoms with E-state index in [-0.39, 0.29) is 10.6 Å². The lowest BCUT2D eigenvalue weighted by Crippen LogP contribution is -2.09. The van der Waals surface area contributed by atoms with Gasteiger partial charge in [-0.2, -0.15) is 8.42 Å². The highest BCUT2D eigenvalue weighted by molar-refractivity contribution is 7.87. The number of aliphatic imine (C=N–C) groups is 1. The molecule has 3 aromatic rings. The van der Waals surface area contributed by atoms with Gasteiger partial charge in [-0.1, -0.05) is 41.4 Å². The lowest BCUT2D eigenvalue weighted by Gasteiger charge is -2.07. The van der Waals surface area contributed by atoms with E-state index in [9.17, 15) is 8.42 Å². The van der Waals surface area contributed by atoms with Gasteiger partial charge >= 0.3 is 10.1 Å². The van der Waals surface area contributed by atoms with Crippen molar-refractivity contribution in [3.05, 3.63) is 87.9 Å². The van der Waals surface area contributed by atoms with Crippen molar-refractivity contribution in [1.82, 2.24) is 0 Å². The predicted molar refractivity (Wildman–Crippen MR) is 109 cm³/mol. The molecule has 0 saturated heterocycles. The molecule has 0 aliphatic carbocycles. The van der Waals surface area contributed by atoms with Gasteiger partial charge in [-0.25, -0.2) is 0 Å². The molecule has 0 aliphatic heterocycles. The molecule has 4 nitrogen and oxygen atoms in total. The van der Waals surface area contributed by atoms with Crippen molar-refractivity contribution in [1.29, 1.82) is 0 Å². The molecule has 138 valence electrons. The molecule has 0 fully saturated rings. The van der Waals surface area contributed by atoms with Crippen LogP contribution in [0.1, 0.15) is 11.1 Å². The lowest BCUT2D eigenvalue weighted by molar-refractivity contribution is 0.486. The fourth-order valence-corrected chi connectivity index (χ4v) is 3.46. The van der Waals surface area contributed by atoms with Crippen LogP contribution in [0.2, 0.25) is 10.0 Å². The second-order valence-corrected chi connectivity index (χ2v) is 8.15. The largest absolute Gasteiger partial charge is 0.379 e. The highest BCUT2D eigenvalue weighted by atomic mass is 35.5. The summed E-state index contributed by atoms with van der Waals surface area (Å²) in [4.78, 5) is 4.38. The van der Waals surface area contributed by atoms with Crippen LogP contribution in [0.25, 0.3) is 0 Å². The Hall–Kier alpha value is -2.34. The highest BCUT2D eigenvalue weighted by Crippen LogP contribution is 2.23. The van der Waals surface area contributed by atoms with Gasteiger partial charge in [0.05, 0.1) is 5.69 Å².